The van der Waals surface area contributed by atoms with Crippen LogP contribution in [0.3, 0.4) is 0 Å². The zero-order valence-electron chi connectivity index (χ0n) is 9.63. The van der Waals surface area contributed by atoms with E-state index in [1.807, 2.05) is 0 Å². The molecule has 19 heavy (non-hydrogen) atoms. The maximum atomic E-state index is 13.3. The zero-order valence-corrected chi connectivity index (χ0v) is 10.5. The number of hydrogen-bond donors (Lipinski definition) is 1. The van der Waals surface area contributed by atoms with Crippen LogP contribution in [0.2, 0.25) is 0 Å². The highest BCUT2D eigenvalue weighted by molar-refractivity contribution is 7.79. The highest BCUT2D eigenvalue weighted by Crippen LogP contribution is 2.60. The number of rotatable bonds is 2. The number of phenolic OH excluding ortho intramolecular Hbond substituents is 1. The maximum absolute atomic E-state index is 13.3. The van der Waals surface area contributed by atoms with Gasteiger partial charge >= 0.3 is 5.92 Å². The van der Waals surface area contributed by atoms with Crippen molar-refractivity contribution >= 4 is 17.8 Å². The lowest BCUT2D eigenvalue weighted by Crippen LogP contribution is -2.27. The second kappa shape index (κ2) is 4.74. The van der Waals surface area contributed by atoms with Crippen molar-refractivity contribution < 1.29 is 22.8 Å². The maximum Gasteiger partial charge on any atom is 0.448 e. The third-order valence-electron chi connectivity index (χ3n) is 2.70. The molecular formula is C13H10F3O2P. The first kappa shape index (κ1) is 13.7. The molecule has 0 saturated heterocycles. The number of phenols is 1. The molecule has 2 nitrogen and oxygen atoms in total. The minimum atomic E-state index is -4.95. The van der Waals surface area contributed by atoms with E-state index in [2.05, 4.69) is 0 Å². The third-order valence-corrected chi connectivity index (χ3v) is 5.49. The topological polar surface area (TPSA) is 37.3 Å². The van der Waals surface area contributed by atoms with Crippen LogP contribution >= 0.6 is 7.14 Å². The second-order valence-electron chi connectivity index (χ2n) is 3.90. The quantitative estimate of drug-likeness (QED) is 0.861. The van der Waals surface area contributed by atoms with Gasteiger partial charge in [0.2, 0.25) is 7.14 Å². The first-order valence-electron chi connectivity index (χ1n) is 5.38. The lowest BCUT2D eigenvalue weighted by atomic mass is 10.3. The van der Waals surface area contributed by atoms with Gasteiger partial charge in [-0.1, -0.05) is 42.5 Å². The molecular weight excluding hydrogens is 276 g/mol. The molecule has 0 aromatic heterocycles. The summed E-state index contributed by atoms with van der Waals surface area (Å²) >= 11 is 0. The van der Waals surface area contributed by atoms with Crippen molar-refractivity contribution in [3.8, 4) is 5.75 Å². The summed E-state index contributed by atoms with van der Waals surface area (Å²) in [5, 5.41) is 8.67. The fourth-order valence-electron chi connectivity index (χ4n) is 1.79. The van der Waals surface area contributed by atoms with Crippen LogP contribution in [0.25, 0.3) is 0 Å². The molecule has 0 spiro atoms. The van der Waals surface area contributed by atoms with Crippen molar-refractivity contribution in [3.05, 3.63) is 54.6 Å². The molecule has 100 valence electrons. The van der Waals surface area contributed by atoms with Gasteiger partial charge in [-0.3, -0.25) is 0 Å². The lowest BCUT2D eigenvalue weighted by Gasteiger charge is -2.22. The Bertz CT molecular complexity index is 623. The van der Waals surface area contributed by atoms with E-state index in [0.717, 1.165) is 24.3 Å². The molecule has 0 aliphatic heterocycles. The van der Waals surface area contributed by atoms with Crippen LogP contribution in [0.5, 0.6) is 5.75 Å². The van der Waals surface area contributed by atoms with Crippen LogP contribution in [0.4, 0.5) is 13.2 Å². The van der Waals surface area contributed by atoms with Gasteiger partial charge in [0.15, 0.2) is 0 Å². The average Bonchev–Trinajstić information content (AvgIpc) is 2.38. The van der Waals surface area contributed by atoms with Gasteiger partial charge in [-0.2, -0.15) is 13.2 Å². The Kier molecular flexibility index (Phi) is 3.42. The smallest absolute Gasteiger partial charge is 0.448 e. The van der Waals surface area contributed by atoms with E-state index >= 15 is 0 Å². The Morgan fingerprint density at radius 2 is 1.42 bits per heavy atom. The van der Waals surface area contributed by atoms with Crippen LogP contribution in [0.15, 0.2) is 54.6 Å². The Morgan fingerprint density at radius 3 is 1.95 bits per heavy atom. The van der Waals surface area contributed by atoms with Crippen molar-refractivity contribution in [1.29, 1.82) is 0 Å². The highest BCUT2D eigenvalue weighted by Gasteiger charge is 2.54. The fraction of sp³-hybridized carbons (Fsp3) is 0.0769. The summed E-state index contributed by atoms with van der Waals surface area (Å²) < 4.78 is 52.4. The summed E-state index contributed by atoms with van der Waals surface area (Å²) in [5.41, 5.74) is 0. The fourth-order valence-corrected chi connectivity index (χ4v) is 3.92. The van der Waals surface area contributed by atoms with Crippen LogP contribution in [0, 0.1) is 0 Å². The van der Waals surface area contributed by atoms with Crippen molar-refractivity contribution in [3.63, 3.8) is 0 Å². The van der Waals surface area contributed by atoms with E-state index in [1.54, 1.807) is 0 Å². The van der Waals surface area contributed by atoms with Gasteiger partial charge in [-0.05, 0) is 12.1 Å². The van der Waals surface area contributed by atoms with E-state index in [1.165, 1.54) is 30.3 Å². The van der Waals surface area contributed by atoms with Gasteiger partial charge in [0.05, 0.1) is 5.30 Å². The van der Waals surface area contributed by atoms with Crippen molar-refractivity contribution in [2.75, 3.05) is 0 Å². The Labute approximate surface area is 107 Å². The van der Waals surface area contributed by atoms with Crippen LogP contribution < -0.4 is 10.6 Å². The molecule has 1 N–H and O–H groups in total. The highest BCUT2D eigenvalue weighted by atomic mass is 31.2. The first-order valence-corrected chi connectivity index (χ1v) is 7.09. The number of hydrogen-bond acceptors (Lipinski definition) is 2. The number of halogens is 3. The number of aromatic hydroxyl groups is 1. The van der Waals surface area contributed by atoms with Gasteiger partial charge in [0.25, 0.3) is 0 Å². The van der Waals surface area contributed by atoms with Crippen molar-refractivity contribution in [2.24, 2.45) is 0 Å². The molecule has 0 aliphatic rings. The predicted molar refractivity (Wildman–Crippen MR) is 67.5 cm³/mol. The number of alkyl halides is 3. The Hall–Kier alpha value is -1.74. The standard InChI is InChI=1S/C13H10F3O2P/c14-13(15,16)19(18,10-6-2-1-3-7-10)12-9-5-4-8-11(12)17/h1-9,17H. The molecule has 0 aliphatic carbocycles. The molecule has 2 aromatic rings. The van der Waals surface area contributed by atoms with E-state index in [4.69, 9.17) is 0 Å². The van der Waals surface area contributed by atoms with E-state index < -0.39 is 24.1 Å². The number of para-hydroxylation sites is 1. The van der Waals surface area contributed by atoms with Crippen LogP contribution in [-0.4, -0.2) is 11.0 Å². The SMILES string of the molecule is O=P(c1ccccc1)(c1ccccc1O)C(F)(F)F. The Morgan fingerprint density at radius 1 is 0.895 bits per heavy atom. The summed E-state index contributed by atoms with van der Waals surface area (Å²) in [7, 11) is -4.90. The summed E-state index contributed by atoms with van der Waals surface area (Å²) in [6.07, 6.45) is 0. The predicted octanol–water partition coefficient (Wildman–Crippen LogP) is 3.23. The lowest BCUT2D eigenvalue weighted by molar-refractivity contribution is -0.0437. The monoisotopic (exact) mass is 286 g/mol. The summed E-state index contributed by atoms with van der Waals surface area (Å²) in [4.78, 5) is 0. The molecule has 0 saturated carbocycles. The molecule has 0 bridgehead atoms. The van der Waals surface area contributed by atoms with Gasteiger partial charge in [0, 0.05) is 5.30 Å². The summed E-state index contributed by atoms with van der Waals surface area (Å²) in [5.74, 6) is -5.57. The molecule has 1 unspecified atom stereocenters. The molecule has 0 radical (unpaired) electrons. The van der Waals surface area contributed by atoms with E-state index in [0.29, 0.717) is 0 Å². The van der Waals surface area contributed by atoms with Gasteiger partial charge in [-0.15, -0.1) is 0 Å². The van der Waals surface area contributed by atoms with Gasteiger partial charge < -0.3 is 9.67 Å². The number of benzene rings is 2. The third kappa shape index (κ3) is 2.26. The first-order chi connectivity index (χ1) is 8.87. The van der Waals surface area contributed by atoms with Crippen molar-refractivity contribution in [2.45, 2.75) is 5.92 Å². The zero-order chi connectivity index (χ0) is 14.1. The molecule has 6 heteroatoms. The van der Waals surface area contributed by atoms with Crippen LogP contribution in [0.1, 0.15) is 0 Å². The minimum absolute atomic E-state index is 0.344. The van der Waals surface area contributed by atoms with Gasteiger partial charge in [0.1, 0.15) is 5.75 Å². The van der Waals surface area contributed by atoms with Gasteiger partial charge in [-0.25, -0.2) is 0 Å². The largest absolute Gasteiger partial charge is 0.507 e. The molecule has 1 atom stereocenters. The normalized spacial score (nSPS) is 14.9. The minimum Gasteiger partial charge on any atom is -0.507 e. The molecule has 2 rings (SSSR count). The van der Waals surface area contributed by atoms with Crippen LogP contribution in [-0.2, 0) is 4.57 Å². The van der Waals surface area contributed by atoms with E-state index in [-0.39, 0.29) is 5.30 Å². The molecule has 0 amide bonds. The Balaban J connectivity index is 2.75. The average molecular weight is 286 g/mol. The summed E-state index contributed by atoms with van der Waals surface area (Å²) in [6.45, 7) is 0. The molecule has 2 aromatic carbocycles. The van der Waals surface area contributed by atoms with Crippen molar-refractivity contribution in [1.82, 2.24) is 0 Å². The molecule has 0 fully saturated rings. The summed E-state index contributed by atoms with van der Waals surface area (Å²) in [6, 6.07) is 11.4. The second-order valence-corrected chi connectivity index (χ2v) is 6.63. The van der Waals surface area contributed by atoms with E-state index in [9.17, 15) is 22.8 Å². The molecule has 0 heterocycles.